The molecule has 0 unspecified atom stereocenters. The summed E-state index contributed by atoms with van der Waals surface area (Å²) in [5.41, 5.74) is 4.01. The molecule has 1 fully saturated rings. The van der Waals surface area contributed by atoms with Gasteiger partial charge in [-0.2, -0.15) is 4.31 Å². The molecule has 66 heavy (non-hydrogen) atoms. The highest BCUT2D eigenvalue weighted by Gasteiger charge is 2.66. The Hall–Kier alpha value is -5.38. The summed E-state index contributed by atoms with van der Waals surface area (Å²) < 4.78 is 67.5. The number of halogens is 1. The Morgan fingerprint density at radius 1 is 0.970 bits per heavy atom. The van der Waals surface area contributed by atoms with Gasteiger partial charge < -0.3 is 34.6 Å². The highest BCUT2D eigenvalue weighted by atomic mass is 32.2. The molecule has 1 aliphatic heterocycles. The highest BCUT2D eigenvalue weighted by molar-refractivity contribution is 7.89. The van der Waals surface area contributed by atoms with Crippen molar-refractivity contribution in [2.75, 3.05) is 31.7 Å². The number of fused-ring (bicyclic) bond motifs is 2. The van der Waals surface area contributed by atoms with Crippen molar-refractivity contribution in [1.29, 1.82) is 0 Å². The van der Waals surface area contributed by atoms with Gasteiger partial charge in [0, 0.05) is 55.8 Å². The fourth-order valence-electron chi connectivity index (χ4n) is 9.96. The van der Waals surface area contributed by atoms with Crippen molar-refractivity contribution < 1.29 is 46.9 Å². The average molecular weight is 924 g/mol. The number of rotatable bonds is 23. The molecule has 0 radical (unpaired) electrons. The van der Waals surface area contributed by atoms with Crippen LogP contribution in [0.25, 0.3) is 0 Å². The monoisotopic (exact) mass is 923 g/mol. The van der Waals surface area contributed by atoms with Crippen LogP contribution in [0.3, 0.4) is 0 Å². The van der Waals surface area contributed by atoms with E-state index in [4.69, 9.17) is 24.2 Å². The number of sulfonamides is 1. The lowest BCUT2D eigenvalue weighted by molar-refractivity contribution is -0.251. The van der Waals surface area contributed by atoms with Crippen LogP contribution >= 0.6 is 0 Å². The minimum absolute atomic E-state index is 0.00503. The van der Waals surface area contributed by atoms with Crippen LogP contribution in [0.15, 0.2) is 131 Å². The average Bonchev–Trinajstić information content (AvgIpc) is 3.31. The molecule has 0 aromatic heterocycles. The largest absolute Gasteiger partial charge is 0.489 e. The van der Waals surface area contributed by atoms with Gasteiger partial charge >= 0.3 is 0 Å². The van der Waals surface area contributed by atoms with Crippen molar-refractivity contribution >= 4 is 27.3 Å². The van der Waals surface area contributed by atoms with Crippen LogP contribution in [0.2, 0.25) is 0 Å². The van der Waals surface area contributed by atoms with Crippen LogP contribution in [-0.4, -0.2) is 72.7 Å². The third kappa shape index (κ3) is 10.7. The molecule has 14 heteroatoms. The minimum atomic E-state index is -4.29. The van der Waals surface area contributed by atoms with Gasteiger partial charge in [0.05, 0.1) is 29.2 Å². The van der Waals surface area contributed by atoms with Crippen LogP contribution in [-0.2, 0) is 37.6 Å². The molecule has 352 valence electrons. The Labute approximate surface area is 388 Å². The summed E-state index contributed by atoms with van der Waals surface area (Å²) in [7, 11) is -4.29. The number of aliphatic hydroxyl groups excluding tert-OH is 2. The summed E-state index contributed by atoms with van der Waals surface area (Å²) >= 11 is 0. The van der Waals surface area contributed by atoms with E-state index in [2.05, 4.69) is 18.0 Å². The summed E-state index contributed by atoms with van der Waals surface area (Å²) in [4.78, 5) is 18.1. The van der Waals surface area contributed by atoms with E-state index in [0.717, 1.165) is 36.0 Å². The number of carbonyl (C=O) groups excluding carboxylic acids is 1. The topological polar surface area (TPSA) is 156 Å². The Kier molecular flexibility index (Phi) is 16.5. The molecule has 1 amide bonds. The second-order valence-electron chi connectivity index (χ2n) is 17.2. The van der Waals surface area contributed by atoms with Crippen LogP contribution < -0.4 is 14.8 Å². The third-order valence-electron chi connectivity index (χ3n) is 12.8. The van der Waals surface area contributed by atoms with Crippen molar-refractivity contribution in [2.24, 2.45) is 22.9 Å². The van der Waals surface area contributed by atoms with Gasteiger partial charge in [-0.15, -0.1) is 6.58 Å². The maximum atomic E-state index is 15.3. The Morgan fingerprint density at radius 2 is 1.70 bits per heavy atom. The van der Waals surface area contributed by atoms with Gasteiger partial charge in [-0.3, -0.25) is 4.79 Å². The van der Waals surface area contributed by atoms with E-state index in [-0.39, 0.29) is 80.4 Å². The maximum absolute atomic E-state index is 15.3. The van der Waals surface area contributed by atoms with E-state index in [1.165, 1.54) is 29.4 Å². The Bertz CT molecular complexity index is 2450. The first-order valence-corrected chi connectivity index (χ1v) is 24.5. The normalized spacial score (nSPS) is 22.7. The van der Waals surface area contributed by atoms with Crippen LogP contribution in [0.4, 0.5) is 10.1 Å². The number of hydrogen-bond donors (Lipinski definition) is 3. The highest BCUT2D eigenvalue weighted by Crippen LogP contribution is 2.62. The number of carbonyl (C=O) groups is 1. The molecule has 12 nitrogen and oxygen atoms in total. The van der Waals surface area contributed by atoms with Gasteiger partial charge in [-0.05, 0) is 104 Å². The van der Waals surface area contributed by atoms with Crippen molar-refractivity contribution in [3.63, 3.8) is 0 Å². The van der Waals surface area contributed by atoms with E-state index in [1.807, 2.05) is 49.4 Å². The predicted molar refractivity (Wildman–Crippen MR) is 252 cm³/mol. The van der Waals surface area contributed by atoms with E-state index < -0.39 is 27.8 Å². The number of nitrogens with one attached hydrogen (secondary N) is 1. The van der Waals surface area contributed by atoms with Crippen LogP contribution in [0.1, 0.15) is 87.8 Å². The first kappa shape index (κ1) is 48.6. The first-order chi connectivity index (χ1) is 32.0. The van der Waals surface area contributed by atoms with Crippen LogP contribution in [0, 0.1) is 23.6 Å². The number of anilines is 1. The lowest BCUT2D eigenvalue weighted by atomic mass is 9.55. The van der Waals surface area contributed by atoms with Gasteiger partial charge in [-0.25, -0.2) is 12.8 Å². The molecule has 7 rings (SSSR count). The molecular weight excluding hydrogens is 862 g/mol. The van der Waals surface area contributed by atoms with Crippen molar-refractivity contribution in [3.8, 4) is 11.5 Å². The molecule has 1 heterocycles. The van der Waals surface area contributed by atoms with Gasteiger partial charge in [0.15, 0.2) is 0 Å². The lowest BCUT2D eigenvalue weighted by Gasteiger charge is -2.59. The van der Waals surface area contributed by atoms with Crippen molar-refractivity contribution in [2.45, 2.75) is 101 Å². The lowest BCUT2D eigenvalue weighted by Crippen LogP contribution is -2.70. The van der Waals surface area contributed by atoms with E-state index in [1.54, 1.807) is 42.5 Å². The number of nitrogens with zero attached hydrogens (tertiary/aromatic N) is 2. The maximum Gasteiger partial charge on any atom is 0.243 e. The summed E-state index contributed by atoms with van der Waals surface area (Å²) in [5, 5.41) is 27.6. The fraction of sp³-hybridized carbons (Fsp3) is 0.423. The molecule has 0 bridgehead atoms. The number of unbranched alkanes of at least 4 members (excludes halogenated alkanes) is 2. The first-order valence-electron chi connectivity index (χ1n) is 23.0. The summed E-state index contributed by atoms with van der Waals surface area (Å²) in [6, 6.07) is 26.9. The van der Waals surface area contributed by atoms with Crippen LogP contribution in [0.5, 0.6) is 11.5 Å². The molecule has 3 aliphatic rings. The minimum Gasteiger partial charge on any atom is -0.489 e. The van der Waals surface area contributed by atoms with Gasteiger partial charge in [0.2, 0.25) is 21.7 Å². The molecule has 4 aromatic carbocycles. The van der Waals surface area contributed by atoms with E-state index in [0.29, 0.717) is 54.1 Å². The Morgan fingerprint density at radius 3 is 2.39 bits per heavy atom. The smallest absolute Gasteiger partial charge is 0.243 e. The van der Waals surface area contributed by atoms with Gasteiger partial charge in [-0.1, -0.05) is 85.6 Å². The molecule has 6 atom stereocenters. The number of allylic oxidation sites excluding steroid dienone is 1. The molecular formula is C52H62FN3O9S. The SMILES string of the molecule is C=CCO[C@@]12Oc3ccc(OCc4ccccc4F)cc3[C@H]3[C@H](CCCCO)[C@@H](CCCCO)C=C(C(=NOCc4ccccc4)C[C@@H]1N(CCC)S(=O)(=O)c1ccc(NC(C)=O)cc1)[C@H]32. The van der Waals surface area contributed by atoms with Crippen molar-refractivity contribution in [3.05, 3.63) is 144 Å². The number of aliphatic hydroxyl groups is 2. The Balaban J connectivity index is 1.44. The summed E-state index contributed by atoms with van der Waals surface area (Å²) in [5.74, 6) is -2.37. The third-order valence-corrected chi connectivity index (χ3v) is 14.7. The standard InChI is InChI=1S/C52H62FN3O9S/c1-4-27-56(66(60,61)42-24-21-40(22-25-42)54-36(3)59)49-33-47(55-64-34-37-15-7-6-8-16-37)44-31-38(17-11-13-28-57)43(19-12-14-29-58)50-45-32-41(62-35-39-18-9-10-20-46(39)53)23-26-48(45)65-52(49,51(44)50)63-30-5-2/h5-10,15-16,18,20-26,31-32,38,43,49-51,57-58H,2,4,11-14,17,19,27-30,33-35H2,1,3H3,(H,54,59)/t38-,43+,49-,50+,51+,52+/m0/s1. The fourth-order valence-corrected chi connectivity index (χ4v) is 11.7. The quantitative estimate of drug-likeness (QED) is 0.0375. The summed E-state index contributed by atoms with van der Waals surface area (Å²) in [6.07, 6.45) is 8.57. The second kappa shape index (κ2) is 22.4. The number of ether oxygens (including phenoxy) is 3. The zero-order chi connectivity index (χ0) is 46.7. The molecule has 4 aromatic rings. The van der Waals surface area contributed by atoms with Crippen molar-refractivity contribution in [1.82, 2.24) is 4.31 Å². The number of benzene rings is 4. The van der Waals surface area contributed by atoms with Gasteiger partial charge in [0.25, 0.3) is 0 Å². The zero-order valence-corrected chi connectivity index (χ0v) is 38.6. The summed E-state index contributed by atoms with van der Waals surface area (Å²) in [6.45, 7) is 7.72. The van der Waals surface area contributed by atoms with E-state index in [9.17, 15) is 19.4 Å². The molecule has 1 saturated carbocycles. The zero-order valence-electron chi connectivity index (χ0n) is 37.8. The van der Waals surface area contributed by atoms with E-state index >= 15 is 8.42 Å². The number of hydrogen-bond acceptors (Lipinski definition) is 10. The molecule has 2 aliphatic carbocycles. The number of amides is 1. The van der Waals surface area contributed by atoms with Gasteiger partial charge in [0.1, 0.15) is 30.5 Å². The molecule has 3 N–H and O–H groups in total. The molecule has 0 saturated heterocycles. The predicted octanol–water partition coefficient (Wildman–Crippen LogP) is 9.30. The molecule has 0 spiro atoms. The number of oxime groups is 1. The second-order valence-corrected chi connectivity index (χ2v) is 19.1.